The van der Waals surface area contributed by atoms with Crippen LogP contribution in [-0.4, -0.2) is 53.4 Å². The summed E-state index contributed by atoms with van der Waals surface area (Å²) in [5.41, 5.74) is 3.03. The Morgan fingerprint density at radius 3 is 2.69 bits per heavy atom. The molecule has 26 heavy (non-hydrogen) atoms. The van der Waals surface area contributed by atoms with E-state index in [1.165, 1.54) is 12.4 Å². The minimum absolute atomic E-state index is 0.0891. The summed E-state index contributed by atoms with van der Waals surface area (Å²) in [7, 11) is 1.94. The summed E-state index contributed by atoms with van der Waals surface area (Å²) < 4.78 is 1.93. The van der Waals surface area contributed by atoms with Gasteiger partial charge in [-0.3, -0.25) is 19.7 Å². The van der Waals surface area contributed by atoms with Crippen molar-refractivity contribution in [2.45, 2.75) is 18.8 Å². The van der Waals surface area contributed by atoms with Crippen molar-refractivity contribution in [1.29, 1.82) is 0 Å². The van der Waals surface area contributed by atoms with Gasteiger partial charge in [0.1, 0.15) is 11.4 Å². The molecule has 0 radical (unpaired) electrons. The van der Waals surface area contributed by atoms with E-state index in [1.807, 2.05) is 16.5 Å². The number of aryl methyl sites for hydroxylation is 1. The number of amides is 1. The van der Waals surface area contributed by atoms with Crippen LogP contribution >= 0.6 is 0 Å². The molecule has 3 aromatic heterocycles. The molecule has 132 valence electrons. The van der Waals surface area contributed by atoms with Gasteiger partial charge in [0.05, 0.1) is 30.1 Å². The molecule has 4 rings (SSSR count). The first-order chi connectivity index (χ1) is 12.7. The normalized spacial score (nSPS) is 17.3. The number of rotatable bonds is 3. The maximum atomic E-state index is 12.7. The fourth-order valence-electron chi connectivity index (χ4n) is 3.39. The molecule has 1 aliphatic heterocycles. The van der Waals surface area contributed by atoms with Crippen molar-refractivity contribution in [1.82, 2.24) is 34.4 Å². The van der Waals surface area contributed by atoms with Crippen LogP contribution in [0.5, 0.6) is 0 Å². The molecule has 0 N–H and O–H groups in total. The number of piperidine rings is 1. The van der Waals surface area contributed by atoms with Crippen molar-refractivity contribution in [2.75, 3.05) is 13.1 Å². The third-order valence-corrected chi connectivity index (χ3v) is 4.66. The number of nitrogens with zero attached hydrogens (tertiary/aromatic N) is 7. The maximum Gasteiger partial charge on any atom is 0.274 e. The highest BCUT2D eigenvalue weighted by atomic mass is 16.2. The van der Waals surface area contributed by atoms with Crippen LogP contribution in [0.2, 0.25) is 0 Å². The molecule has 0 aliphatic carbocycles. The van der Waals surface area contributed by atoms with Crippen molar-refractivity contribution in [3.8, 4) is 11.4 Å². The fraction of sp³-hybridized carbons (Fsp3) is 0.333. The molecule has 1 saturated heterocycles. The van der Waals surface area contributed by atoms with Gasteiger partial charge in [0.15, 0.2) is 0 Å². The number of aromatic nitrogens is 6. The molecule has 1 amide bonds. The lowest BCUT2D eigenvalue weighted by Crippen LogP contribution is -2.39. The van der Waals surface area contributed by atoms with E-state index in [0.717, 1.165) is 29.9 Å². The van der Waals surface area contributed by atoms with E-state index in [2.05, 4.69) is 24.9 Å². The van der Waals surface area contributed by atoms with E-state index in [-0.39, 0.29) is 11.8 Å². The summed E-state index contributed by atoms with van der Waals surface area (Å²) in [6.07, 6.45) is 13.4. The Kier molecular flexibility index (Phi) is 4.39. The predicted octanol–water partition coefficient (Wildman–Crippen LogP) is 1.69. The molecule has 1 atom stereocenters. The van der Waals surface area contributed by atoms with Gasteiger partial charge in [-0.25, -0.2) is 9.97 Å². The molecule has 4 heterocycles. The van der Waals surface area contributed by atoms with Crippen LogP contribution in [0.15, 0.2) is 43.5 Å². The first kappa shape index (κ1) is 16.3. The summed E-state index contributed by atoms with van der Waals surface area (Å²) in [6.45, 7) is 1.31. The molecule has 1 fully saturated rings. The van der Waals surface area contributed by atoms with Gasteiger partial charge in [0, 0.05) is 50.8 Å². The minimum Gasteiger partial charge on any atom is -0.337 e. The Labute approximate surface area is 151 Å². The minimum atomic E-state index is -0.0891. The van der Waals surface area contributed by atoms with Gasteiger partial charge in [-0.15, -0.1) is 0 Å². The van der Waals surface area contributed by atoms with E-state index in [1.54, 1.807) is 31.1 Å². The van der Waals surface area contributed by atoms with Crippen LogP contribution < -0.4 is 0 Å². The molecular formula is C18H19N7O. The largest absolute Gasteiger partial charge is 0.337 e. The zero-order valence-electron chi connectivity index (χ0n) is 14.5. The van der Waals surface area contributed by atoms with E-state index < -0.39 is 0 Å². The summed E-state index contributed by atoms with van der Waals surface area (Å²) in [5, 5.41) is 0. The zero-order chi connectivity index (χ0) is 17.9. The number of likely N-dealkylation sites (tertiary alicyclic amines) is 1. The first-order valence-electron chi connectivity index (χ1n) is 8.57. The second-order valence-corrected chi connectivity index (χ2v) is 6.36. The fourth-order valence-corrected chi connectivity index (χ4v) is 3.39. The van der Waals surface area contributed by atoms with Crippen LogP contribution in [0, 0.1) is 0 Å². The van der Waals surface area contributed by atoms with Crippen molar-refractivity contribution >= 4 is 5.91 Å². The van der Waals surface area contributed by atoms with Crippen LogP contribution in [0.1, 0.15) is 34.9 Å². The van der Waals surface area contributed by atoms with Crippen molar-refractivity contribution in [2.24, 2.45) is 7.05 Å². The number of carbonyl (C=O) groups excluding carboxylic acids is 1. The Balaban J connectivity index is 1.61. The number of hydrogen-bond donors (Lipinski definition) is 0. The third kappa shape index (κ3) is 3.05. The Morgan fingerprint density at radius 1 is 1.08 bits per heavy atom. The molecule has 8 nitrogen and oxygen atoms in total. The molecule has 0 saturated carbocycles. The Morgan fingerprint density at radius 2 is 1.92 bits per heavy atom. The molecule has 0 aromatic carbocycles. The van der Waals surface area contributed by atoms with Crippen molar-refractivity contribution in [3.63, 3.8) is 0 Å². The van der Waals surface area contributed by atoms with Crippen molar-refractivity contribution < 1.29 is 4.79 Å². The van der Waals surface area contributed by atoms with Crippen molar-refractivity contribution in [3.05, 3.63) is 54.9 Å². The maximum absolute atomic E-state index is 12.7. The van der Waals surface area contributed by atoms with Crippen LogP contribution in [0.4, 0.5) is 0 Å². The lowest BCUT2D eigenvalue weighted by Gasteiger charge is -2.32. The van der Waals surface area contributed by atoms with E-state index in [9.17, 15) is 4.79 Å². The lowest BCUT2D eigenvalue weighted by molar-refractivity contribution is 0.0699. The Bertz CT molecular complexity index is 909. The van der Waals surface area contributed by atoms with Gasteiger partial charge in [-0.05, 0) is 12.8 Å². The summed E-state index contributed by atoms with van der Waals surface area (Å²) in [6, 6.07) is 0. The first-order valence-corrected chi connectivity index (χ1v) is 8.57. The van der Waals surface area contributed by atoms with Crippen LogP contribution in [0.25, 0.3) is 11.4 Å². The summed E-state index contributed by atoms with van der Waals surface area (Å²) in [5.74, 6) is 0.0387. The average Bonchev–Trinajstić information content (AvgIpc) is 3.14. The highest BCUT2D eigenvalue weighted by Crippen LogP contribution is 2.31. The van der Waals surface area contributed by atoms with Gasteiger partial charge in [0.2, 0.25) is 0 Å². The Hall–Kier alpha value is -3.16. The van der Waals surface area contributed by atoms with Gasteiger partial charge >= 0.3 is 0 Å². The second-order valence-electron chi connectivity index (χ2n) is 6.36. The lowest BCUT2D eigenvalue weighted by atomic mass is 9.92. The smallest absolute Gasteiger partial charge is 0.274 e. The van der Waals surface area contributed by atoms with Gasteiger partial charge < -0.3 is 9.47 Å². The highest BCUT2D eigenvalue weighted by Gasteiger charge is 2.29. The SMILES string of the molecule is Cn1cncc1-c1nccnc1[C@H]1CCCN(C(=O)c2cnccn2)C1. The van der Waals surface area contributed by atoms with Gasteiger partial charge in [-0.2, -0.15) is 0 Å². The number of carbonyl (C=O) groups is 1. The summed E-state index contributed by atoms with van der Waals surface area (Å²) >= 11 is 0. The third-order valence-electron chi connectivity index (χ3n) is 4.66. The zero-order valence-corrected chi connectivity index (χ0v) is 14.5. The molecule has 0 bridgehead atoms. The second kappa shape index (κ2) is 6.99. The molecule has 1 aliphatic rings. The van der Waals surface area contributed by atoms with E-state index >= 15 is 0 Å². The highest BCUT2D eigenvalue weighted by molar-refractivity contribution is 5.92. The summed E-state index contributed by atoms with van der Waals surface area (Å²) in [4.78, 5) is 36.0. The quantitative estimate of drug-likeness (QED) is 0.715. The standard InChI is InChI=1S/C18H19N7O/c1-24-12-20-10-15(24)17-16(22-6-7-23-17)13-3-2-8-25(11-13)18(26)14-9-19-4-5-21-14/h4-7,9-10,12-13H,2-3,8,11H2,1H3/t13-/m0/s1. The monoisotopic (exact) mass is 349 g/mol. The van der Waals surface area contributed by atoms with Gasteiger partial charge in [0.25, 0.3) is 5.91 Å². The van der Waals surface area contributed by atoms with E-state index in [4.69, 9.17) is 0 Å². The van der Waals surface area contributed by atoms with Crippen LogP contribution in [0.3, 0.4) is 0 Å². The van der Waals surface area contributed by atoms with Crippen LogP contribution in [-0.2, 0) is 7.05 Å². The molecular weight excluding hydrogens is 330 g/mol. The number of imidazole rings is 1. The van der Waals surface area contributed by atoms with E-state index in [0.29, 0.717) is 18.8 Å². The molecule has 8 heteroatoms. The average molecular weight is 349 g/mol. The molecule has 0 spiro atoms. The predicted molar refractivity (Wildman–Crippen MR) is 94.1 cm³/mol. The van der Waals surface area contributed by atoms with Gasteiger partial charge in [-0.1, -0.05) is 0 Å². The molecule has 3 aromatic rings. The topological polar surface area (TPSA) is 89.7 Å². The number of hydrogen-bond acceptors (Lipinski definition) is 6. The molecule has 0 unspecified atom stereocenters.